The van der Waals surface area contributed by atoms with Crippen LogP contribution in [-0.4, -0.2) is 57.3 Å². The van der Waals surface area contributed by atoms with Crippen molar-refractivity contribution in [2.75, 3.05) is 26.2 Å². The number of fused-ring (bicyclic) bond motifs is 2. The minimum atomic E-state index is 0.414. The van der Waals surface area contributed by atoms with E-state index in [-0.39, 0.29) is 0 Å². The van der Waals surface area contributed by atoms with Gasteiger partial charge in [0.15, 0.2) is 5.65 Å². The Kier molecular flexibility index (Phi) is 5.66. The van der Waals surface area contributed by atoms with E-state index in [1.165, 1.54) is 72.2 Å². The van der Waals surface area contributed by atoms with Gasteiger partial charge in [-0.05, 0) is 92.5 Å². The van der Waals surface area contributed by atoms with Crippen molar-refractivity contribution in [3.8, 4) is 11.3 Å². The van der Waals surface area contributed by atoms with Crippen molar-refractivity contribution in [2.45, 2.75) is 57.9 Å². The van der Waals surface area contributed by atoms with Crippen LogP contribution in [-0.2, 0) is 0 Å². The van der Waals surface area contributed by atoms with Crippen LogP contribution in [0.25, 0.3) is 33.2 Å². The van der Waals surface area contributed by atoms with E-state index >= 15 is 0 Å². The Morgan fingerprint density at radius 3 is 2.71 bits per heavy atom. The van der Waals surface area contributed by atoms with Crippen molar-refractivity contribution in [1.82, 2.24) is 30.4 Å². The molecule has 3 N–H and O–H groups in total. The van der Waals surface area contributed by atoms with Crippen molar-refractivity contribution in [3.05, 3.63) is 47.8 Å². The number of benzene rings is 1. The molecule has 2 fully saturated rings. The molecule has 0 bridgehead atoms. The first-order chi connectivity index (χ1) is 16.6. The number of rotatable bonds is 4. The van der Waals surface area contributed by atoms with Gasteiger partial charge in [0.2, 0.25) is 0 Å². The largest absolute Gasteiger partial charge is 0.354 e. The van der Waals surface area contributed by atoms with E-state index in [1.807, 2.05) is 12.4 Å². The van der Waals surface area contributed by atoms with Gasteiger partial charge >= 0.3 is 0 Å². The SMILES string of the molecule is CC(C)c1c(-c2ccnc3[nH]ncc23)[nH]c2ccc(C3CCN(C4CCNCC4C)CC3)cc12. The summed E-state index contributed by atoms with van der Waals surface area (Å²) >= 11 is 0. The first-order valence-electron chi connectivity index (χ1n) is 13.0. The summed E-state index contributed by atoms with van der Waals surface area (Å²) in [4.78, 5) is 11.0. The van der Waals surface area contributed by atoms with Crippen molar-refractivity contribution in [3.63, 3.8) is 0 Å². The van der Waals surface area contributed by atoms with Gasteiger partial charge in [-0.2, -0.15) is 5.10 Å². The lowest BCUT2D eigenvalue weighted by molar-refractivity contribution is 0.0925. The smallest absolute Gasteiger partial charge is 0.155 e. The second-order valence-corrected chi connectivity index (χ2v) is 10.7. The van der Waals surface area contributed by atoms with Gasteiger partial charge < -0.3 is 10.3 Å². The fourth-order valence-electron chi connectivity index (χ4n) is 6.47. The summed E-state index contributed by atoms with van der Waals surface area (Å²) in [5, 5.41) is 13.2. The zero-order valence-electron chi connectivity index (χ0n) is 20.6. The molecule has 6 rings (SSSR count). The highest BCUT2D eigenvalue weighted by atomic mass is 15.2. The molecular formula is C28H36N6. The molecule has 2 saturated heterocycles. The number of H-pyrrole nitrogens is 2. The molecule has 0 saturated carbocycles. The van der Waals surface area contributed by atoms with Crippen LogP contribution in [0.5, 0.6) is 0 Å². The number of hydrogen-bond donors (Lipinski definition) is 3. The molecule has 3 aromatic heterocycles. The van der Waals surface area contributed by atoms with Gasteiger partial charge in [0.25, 0.3) is 0 Å². The van der Waals surface area contributed by atoms with Crippen molar-refractivity contribution >= 4 is 21.9 Å². The van der Waals surface area contributed by atoms with Crippen LogP contribution in [0.3, 0.4) is 0 Å². The molecule has 1 aromatic carbocycles. The third-order valence-electron chi connectivity index (χ3n) is 8.27. The van der Waals surface area contributed by atoms with E-state index in [9.17, 15) is 0 Å². The van der Waals surface area contributed by atoms with E-state index in [1.54, 1.807) is 0 Å². The highest BCUT2D eigenvalue weighted by Gasteiger charge is 2.31. The summed E-state index contributed by atoms with van der Waals surface area (Å²) in [6.07, 6.45) is 7.57. The van der Waals surface area contributed by atoms with Gasteiger partial charge in [-0.15, -0.1) is 0 Å². The molecule has 0 aliphatic carbocycles. The minimum absolute atomic E-state index is 0.414. The van der Waals surface area contributed by atoms with E-state index < -0.39 is 0 Å². The summed E-state index contributed by atoms with van der Waals surface area (Å²) < 4.78 is 0. The maximum absolute atomic E-state index is 4.44. The Morgan fingerprint density at radius 1 is 1.06 bits per heavy atom. The average Bonchev–Trinajstić information content (AvgIpc) is 3.49. The van der Waals surface area contributed by atoms with Gasteiger partial charge in [0, 0.05) is 34.1 Å². The molecule has 2 unspecified atom stereocenters. The quantitative estimate of drug-likeness (QED) is 0.384. The van der Waals surface area contributed by atoms with Crippen LogP contribution in [0, 0.1) is 5.92 Å². The maximum atomic E-state index is 4.44. The van der Waals surface area contributed by atoms with Gasteiger partial charge in [-0.1, -0.05) is 26.8 Å². The predicted octanol–water partition coefficient (Wildman–Crippen LogP) is 5.41. The van der Waals surface area contributed by atoms with E-state index in [0.29, 0.717) is 11.8 Å². The Hall–Kier alpha value is -2.70. The summed E-state index contributed by atoms with van der Waals surface area (Å²) in [6, 6.07) is 10.00. The normalized spacial score (nSPS) is 22.8. The Balaban J connectivity index is 1.31. The number of nitrogens with one attached hydrogen (secondary N) is 3. The molecule has 2 atom stereocenters. The van der Waals surface area contributed by atoms with Crippen molar-refractivity contribution < 1.29 is 0 Å². The highest BCUT2D eigenvalue weighted by molar-refractivity contribution is 5.98. The van der Waals surface area contributed by atoms with Crippen LogP contribution in [0.1, 0.15) is 63.0 Å². The molecule has 0 amide bonds. The summed E-state index contributed by atoms with van der Waals surface area (Å²) in [6.45, 7) is 11.8. The van der Waals surface area contributed by atoms with Crippen molar-refractivity contribution in [1.29, 1.82) is 0 Å². The summed E-state index contributed by atoms with van der Waals surface area (Å²) in [7, 11) is 0. The molecule has 5 heterocycles. The van der Waals surface area contributed by atoms with Crippen molar-refractivity contribution in [2.24, 2.45) is 5.92 Å². The third kappa shape index (κ3) is 3.73. The van der Waals surface area contributed by atoms with E-state index in [4.69, 9.17) is 0 Å². The highest BCUT2D eigenvalue weighted by Crippen LogP contribution is 2.40. The number of aromatic nitrogens is 4. The first-order valence-corrected chi connectivity index (χ1v) is 13.0. The lowest BCUT2D eigenvalue weighted by Gasteiger charge is -2.42. The topological polar surface area (TPSA) is 72.6 Å². The Labute approximate surface area is 201 Å². The minimum Gasteiger partial charge on any atom is -0.354 e. The van der Waals surface area contributed by atoms with Gasteiger partial charge in [0.1, 0.15) is 0 Å². The number of pyridine rings is 1. The van der Waals surface area contributed by atoms with Crippen LogP contribution in [0.4, 0.5) is 0 Å². The van der Waals surface area contributed by atoms with Gasteiger partial charge in [-0.3, -0.25) is 10.00 Å². The zero-order valence-corrected chi connectivity index (χ0v) is 20.6. The van der Waals surface area contributed by atoms with Crippen LogP contribution in [0.2, 0.25) is 0 Å². The van der Waals surface area contributed by atoms with Gasteiger partial charge in [0.05, 0.1) is 11.9 Å². The maximum Gasteiger partial charge on any atom is 0.155 e. The van der Waals surface area contributed by atoms with Gasteiger partial charge in [-0.25, -0.2) is 4.98 Å². The summed E-state index contributed by atoms with van der Waals surface area (Å²) in [5.41, 5.74) is 7.32. The molecule has 6 nitrogen and oxygen atoms in total. The zero-order chi connectivity index (χ0) is 23.2. The number of nitrogens with zero attached hydrogens (tertiary/aromatic N) is 3. The molecule has 0 spiro atoms. The second kappa shape index (κ2) is 8.82. The molecule has 2 aliphatic rings. The molecule has 2 aliphatic heterocycles. The molecule has 4 aromatic rings. The number of aromatic amines is 2. The number of likely N-dealkylation sites (tertiary alicyclic amines) is 1. The lowest BCUT2D eigenvalue weighted by Crippen LogP contribution is -2.50. The molecule has 0 radical (unpaired) electrons. The molecule has 178 valence electrons. The molecular weight excluding hydrogens is 420 g/mol. The van der Waals surface area contributed by atoms with Crippen LogP contribution in [0.15, 0.2) is 36.7 Å². The predicted molar refractivity (Wildman–Crippen MR) is 139 cm³/mol. The Bertz CT molecular complexity index is 1290. The standard InChI is InChI=1S/C28H36N6/c1-17(2)26-22-14-20(19-8-12-34(13-9-19)25-7-10-29-15-18(25)3)4-5-24(22)32-27(26)21-6-11-30-28-23(21)16-31-33-28/h4-6,11,14,16-19,25,29,32H,7-10,12-13,15H2,1-3H3,(H,30,31,33). The fourth-order valence-corrected chi connectivity index (χ4v) is 6.47. The van der Waals surface area contributed by atoms with Crippen LogP contribution >= 0.6 is 0 Å². The Morgan fingerprint density at radius 2 is 1.91 bits per heavy atom. The molecule has 34 heavy (non-hydrogen) atoms. The van der Waals surface area contributed by atoms with E-state index in [2.05, 4.69) is 75.4 Å². The monoisotopic (exact) mass is 456 g/mol. The second-order valence-electron chi connectivity index (χ2n) is 10.7. The van der Waals surface area contributed by atoms with E-state index in [0.717, 1.165) is 29.5 Å². The third-order valence-corrected chi connectivity index (χ3v) is 8.27. The summed E-state index contributed by atoms with van der Waals surface area (Å²) in [5.74, 6) is 1.82. The lowest BCUT2D eigenvalue weighted by atomic mass is 9.85. The fraction of sp³-hybridized carbons (Fsp3) is 0.500. The van der Waals surface area contributed by atoms with Crippen LogP contribution < -0.4 is 5.32 Å². The first kappa shape index (κ1) is 21.8. The average molecular weight is 457 g/mol. The number of hydrogen-bond acceptors (Lipinski definition) is 4. The molecule has 6 heteroatoms. The number of piperidine rings is 2.